The molecule has 1 aliphatic heterocycles. The van der Waals surface area contributed by atoms with Crippen LogP contribution in [0.5, 0.6) is 0 Å². The van der Waals surface area contributed by atoms with Crippen LogP contribution in [0.15, 0.2) is 42.5 Å². The predicted molar refractivity (Wildman–Crippen MR) is 123 cm³/mol. The van der Waals surface area contributed by atoms with Crippen LogP contribution in [0, 0.1) is 12.7 Å². The molecule has 172 valence electrons. The molecule has 3 aromatic rings. The van der Waals surface area contributed by atoms with Gasteiger partial charge in [-0.25, -0.2) is 9.18 Å². The van der Waals surface area contributed by atoms with Crippen molar-refractivity contribution in [2.45, 2.75) is 26.2 Å². The Hall–Kier alpha value is -3.88. The summed E-state index contributed by atoms with van der Waals surface area (Å²) < 4.78 is 13.4. The minimum absolute atomic E-state index is 0.0844. The molecule has 3 N–H and O–H groups in total. The molecule has 1 fully saturated rings. The molecule has 33 heavy (non-hydrogen) atoms. The number of para-hydroxylation sites is 1. The molecule has 0 spiro atoms. The summed E-state index contributed by atoms with van der Waals surface area (Å²) in [5, 5.41) is 12.9. The van der Waals surface area contributed by atoms with E-state index in [2.05, 4.69) is 10.3 Å². The number of fused-ring (bicyclic) bond motifs is 1. The van der Waals surface area contributed by atoms with Crippen LogP contribution in [0.2, 0.25) is 0 Å². The number of nitrogens with one attached hydrogen (secondary N) is 2. The molecule has 1 saturated heterocycles. The second-order valence-electron chi connectivity index (χ2n) is 8.29. The summed E-state index contributed by atoms with van der Waals surface area (Å²) in [7, 11) is 0. The minimum atomic E-state index is -0.928. The fourth-order valence-corrected chi connectivity index (χ4v) is 4.35. The molecular weight excluding hydrogens is 427 g/mol. The summed E-state index contributed by atoms with van der Waals surface area (Å²) >= 11 is 0. The van der Waals surface area contributed by atoms with Crippen LogP contribution < -0.4 is 10.2 Å². The average Bonchev–Trinajstić information content (AvgIpc) is 3.11. The molecular formula is C24H25FN4O4. The number of benzene rings is 2. The molecule has 9 heteroatoms. The van der Waals surface area contributed by atoms with Crippen molar-refractivity contribution >= 4 is 40.3 Å². The monoisotopic (exact) mass is 452 g/mol. The van der Waals surface area contributed by atoms with E-state index in [1.807, 2.05) is 24.3 Å². The lowest BCUT2D eigenvalue weighted by atomic mass is 9.96. The summed E-state index contributed by atoms with van der Waals surface area (Å²) in [4.78, 5) is 43.2. The maximum atomic E-state index is 13.4. The van der Waals surface area contributed by atoms with Crippen LogP contribution in [-0.2, 0) is 9.59 Å². The van der Waals surface area contributed by atoms with Crippen LogP contribution >= 0.6 is 0 Å². The largest absolute Gasteiger partial charge is 0.481 e. The molecule has 1 aromatic heterocycles. The van der Waals surface area contributed by atoms with Gasteiger partial charge in [0.1, 0.15) is 18.2 Å². The highest BCUT2D eigenvalue weighted by atomic mass is 19.1. The molecule has 0 aliphatic carbocycles. The Morgan fingerprint density at radius 3 is 2.67 bits per heavy atom. The number of aromatic nitrogens is 1. The summed E-state index contributed by atoms with van der Waals surface area (Å²) in [6.45, 7) is 4.00. The number of halogens is 1. The van der Waals surface area contributed by atoms with Crippen molar-refractivity contribution < 1.29 is 23.9 Å². The van der Waals surface area contributed by atoms with Gasteiger partial charge in [-0.2, -0.15) is 0 Å². The van der Waals surface area contributed by atoms with Gasteiger partial charge in [-0.3, -0.25) is 14.9 Å². The maximum absolute atomic E-state index is 13.4. The Kier molecular flexibility index (Phi) is 6.04. The Balaban J connectivity index is 1.52. The molecule has 4 rings (SSSR count). The number of piperazine rings is 1. The van der Waals surface area contributed by atoms with Crippen molar-refractivity contribution in [2.24, 2.45) is 0 Å². The molecule has 1 aliphatic rings. The fourth-order valence-electron chi connectivity index (χ4n) is 4.35. The van der Waals surface area contributed by atoms with E-state index in [9.17, 15) is 23.9 Å². The highest BCUT2D eigenvalue weighted by molar-refractivity contribution is 6.01. The van der Waals surface area contributed by atoms with E-state index in [1.165, 1.54) is 17.0 Å². The third-order valence-electron chi connectivity index (χ3n) is 5.91. The number of H-pyrrole nitrogens is 1. The van der Waals surface area contributed by atoms with E-state index < -0.39 is 12.0 Å². The van der Waals surface area contributed by atoms with Crippen molar-refractivity contribution in [1.29, 1.82) is 0 Å². The second-order valence-corrected chi connectivity index (χ2v) is 8.29. The van der Waals surface area contributed by atoms with E-state index >= 15 is 0 Å². The number of urea groups is 1. The first-order valence-corrected chi connectivity index (χ1v) is 10.7. The number of rotatable bonds is 5. The van der Waals surface area contributed by atoms with E-state index in [0.29, 0.717) is 29.2 Å². The van der Waals surface area contributed by atoms with Gasteiger partial charge < -0.3 is 19.9 Å². The third kappa shape index (κ3) is 4.52. The van der Waals surface area contributed by atoms with E-state index in [1.54, 1.807) is 24.8 Å². The standard InChI is InChI=1S/C24H25FN4O4/c1-14-11-16(25)7-8-19(14)29-10-9-28(13-20(29)30)24(33)27-23-22(15(2)12-21(31)32)17-5-3-4-6-18(17)26-23/h3-8,11,15,26H,9-10,12-13H2,1-2H3,(H,27,33)(H,31,32). The topological polar surface area (TPSA) is 106 Å². The third-order valence-corrected chi connectivity index (χ3v) is 5.91. The maximum Gasteiger partial charge on any atom is 0.323 e. The van der Waals surface area contributed by atoms with Gasteiger partial charge in [-0.1, -0.05) is 25.1 Å². The summed E-state index contributed by atoms with van der Waals surface area (Å²) in [5.74, 6) is -1.47. The smallest absolute Gasteiger partial charge is 0.323 e. The van der Waals surface area contributed by atoms with Crippen LogP contribution in [0.4, 0.5) is 20.7 Å². The first-order chi connectivity index (χ1) is 15.7. The zero-order valence-electron chi connectivity index (χ0n) is 18.4. The molecule has 2 aromatic carbocycles. The normalized spacial score (nSPS) is 15.1. The number of carboxylic acid groups (broad SMARTS) is 1. The molecule has 0 bridgehead atoms. The Morgan fingerprint density at radius 1 is 1.21 bits per heavy atom. The number of anilines is 2. The highest BCUT2D eigenvalue weighted by Crippen LogP contribution is 2.34. The number of carboxylic acids is 1. The Bertz CT molecular complexity index is 1240. The Morgan fingerprint density at radius 2 is 1.97 bits per heavy atom. The van der Waals surface area contributed by atoms with Gasteiger partial charge in [-0.15, -0.1) is 0 Å². The second kappa shape index (κ2) is 8.93. The number of carbonyl (C=O) groups excluding carboxylic acids is 2. The van der Waals surface area contributed by atoms with E-state index in [4.69, 9.17) is 0 Å². The van der Waals surface area contributed by atoms with Crippen LogP contribution in [0.25, 0.3) is 10.9 Å². The molecule has 2 heterocycles. The quantitative estimate of drug-likeness (QED) is 0.543. The fraction of sp³-hybridized carbons (Fsp3) is 0.292. The van der Waals surface area contributed by atoms with Gasteiger partial charge in [0, 0.05) is 35.2 Å². The zero-order valence-corrected chi connectivity index (χ0v) is 18.4. The van der Waals surface area contributed by atoms with Crippen molar-refractivity contribution in [1.82, 2.24) is 9.88 Å². The first-order valence-electron chi connectivity index (χ1n) is 10.7. The molecule has 1 atom stereocenters. The number of hydrogen-bond donors (Lipinski definition) is 3. The average molecular weight is 452 g/mol. The summed E-state index contributed by atoms with van der Waals surface area (Å²) in [6, 6.07) is 11.2. The van der Waals surface area contributed by atoms with Crippen LogP contribution in [0.1, 0.15) is 30.4 Å². The van der Waals surface area contributed by atoms with Gasteiger partial charge in [0.2, 0.25) is 5.91 Å². The van der Waals surface area contributed by atoms with Crippen molar-refractivity contribution in [3.8, 4) is 0 Å². The lowest BCUT2D eigenvalue weighted by molar-refractivity contribution is -0.137. The van der Waals surface area contributed by atoms with Crippen molar-refractivity contribution in [2.75, 3.05) is 29.9 Å². The van der Waals surface area contributed by atoms with Crippen LogP contribution in [0.3, 0.4) is 0 Å². The first kappa shape index (κ1) is 22.3. The van der Waals surface area contributed by atoms with E-state index in [-0.39, 0.29) is 37.2 Å². The summed E-state index contributed by atoms with van der Waals surface area (Å²) in [5.41, 5.74) is 2.78. The van der Waals surface area contributed by atoms with Crippen molar-refractivity contribution in [3.63, 3.8) is 0 Å². The number of aryl methyl sites for hydroxylation is 1. The highest BCUT2D eigenvalue weighted by Gasteiger charge is 2.30. The van der Waals surface area contributed by atoms with Crippen LogP contribution in [-0.4, -0.2) is 52.5 Å². The van der Waals surface area contributed by atoms with Crippen molar-refractivity contribution in [3.05, 3.63) is 59.4 Å². The SMILES string of the molecule is Cc1cc(F)ccc1N1CCN(C(=O)Nc2[nH]c3ccccc3c2C(C)CC(=O)O)CC1=O. The number of carbonyl (C=O) groups is 3. The predicted octanol–water partition coefficient (Wildman–Crippen LogP) is 4.07. The minimum Gasteiger partial charge on any atom is -0.481 e. The van der Waals surface area contributed by atoms with Gasteiger partial charge in [-0.05, 0) is 42.7 Å². The molecule has 8 nitrogen and oxygen atoms in total. The number of nitrogens with zero attached hydrogens (tertiary/aromatic N) is 2. The van der Waals surface area contributed by atoms with Gasteiger partial charge in [0.05, 0.1) is 6.42 Å². The van der Waals surface area contributed by atoms with Gasteiger partial charge in [0.25, 0.3) is 0 Å². The van der Waals surface area contributed by atoms with E-state index in [0.717, 1.165) is 10.9 Å². The molecule has 0 saturated carbocycles. The Labute approximate surface area is 190 Å². The van der Waals surface area contributed by atoms with Gasteiger partial charge >= 0.3 is 12.0 Å². The lowest BCUT2D eigenvalue weighted by Crippen LogP contribution is -2.53. The molecule has 0 radical (unpaired) electrons. The summed E-state index contributed by atoms with van der Waals surface area (Å²) in [6.07, 6.45) is -0.0844. The number of aliphatic carboxylic acids is 1. The van der Waals surface area contributed by atoms with Gasteiger partial charge in [0.15, 0.2) is 0 Å². The molecule has 1 unspecified atom stereocenters. The molecule has 3 amide bonds. The number of aromatic amines is 1. The zero-order chi connectivity index (χ0) is 23.7. The lowest BCUT2D eigenvalue weighted by Gasteiger charge is -2.35. The number of hydrogen-bond acceptors (Lipinski definition) is 3. The number of amides is 3.